The molecular weight excluding hydrogens is 322 g/mol. The molecule has 1 saturated heterocycles. The second kappa shape index (κ2) is 9.07. The van der Waals surface area contributed by atoms with E-state index in [2.05, 4.69) is 29.2 Å². The van der Waals surface area contributed by atoms with Crippen molar-refractivity contribution in [2.75, 3.05) is 32.8 Å². The van der Waals surface area contributed by atoms with E-state index in [1.807, 2.05) is 24.3 Å². The van der Waals surface area contributed by atoms with Crippen molar-refractivity contribution in [2.45, 2.75) is 19.4 Å². The van der Waals surface area contributed by atoms with E-state index in [1.165, 1.54) is 12.0 Å². The van der Waals surface area contributed by atoms with Gasteiger partial charge in [-0.15, -0.1) is 0 Å². The molecule has 0 atom stereocenters. The largest absolute Gasteiger partial charge is 0.489 e. The van der Waals surface area contributed by atoms with Crippen LogP contribution in [0, 0.1) is 0 Å². The summed E-state index contributed by atoms with van der Waals surface area (Å²) < 4.78 is 11.2. The molecule has 2 aromatic rings. The summed E-state index contributed by atoms with van der Waals surface area (Å²) >= 11 is 5.89. The summed E-state index contributed by atoms with van der Waals surface area (Å²) in [7, 11) is 0. The quantitative estimate of drug-likeness (QED) is 0.751. The Labute approximate surface area is 149 Å². The smallest absolute Gasteiger partial charge is 0.119 e. The highest BCUT2D eigenvalue weighted by Gasteiger charge is 2.09. The summed E-state index contributed by atoms with van der Waals surface area (Å²) in [5.41, 5.74) is 2.48. The molecule has 0 aliphatic carbocycles. The molecule has 0 amide bonds. The highest BCUT2D eigenvalue weighted by atomic mass is 35.5. The molecule has 1 aliphatic heterocycles. The molecule has 4 heteroatoms. The summed E-state index contributed by atoms with van der Waals surface area (Å²) in [6, 6.07) is 16.2. The van der Waals surface area contributed by atoms with Gasteiger partial charge in [0.25, 0.3) is 0 Å². The highest BCUT2D eigenvalue weighted by Crippen LogP contribution is 2.16. The highest BCUT2D eigenvalue weighted by molar-refractivity contribution is 6.30. The van der Waals surface area contributed by atoms with Crippen LogP contribution < -0.4 is 4.74 Å². The van der Waals surface area contributed by atoms with Crippen molar-refractivity contribution >= 4 is 11.6 Å². The van der Waals surface area contributed by atoms with Crippen molar-refractivity contribution in [1.82, 2.24) is 4.90 Å². The SMILES string of the molecule is Clc1ccc(COc2ccc(CCCN3CCOCC3)cc2)cc1. The summed E-state index contributed by atoms with van der Waals surface area (Å²) in [6.45, 7) is 5.60. The molecule has 1 fully saturated rings. The number of nitrogens with zero attached hydrogens (tertiary/aromatic N) is 1. The first-order valence-electron chi connectivity index (χ1n) is 8.56. The van der Waals surface area contributed by atoms with Crippen molar-refractivity contribution in [3.63, 3.8) is 0 Å². The van der Waals surface area contributed by atoms with Gasteiger partial charge in [0.15, 0.2) is 0 Å². The van der Waals surface area contributed by atoms with Gasteiger partial charge in [0.1, 0.15) is 12.4 Å². The zero-order chi connectivity index (χ0) is 16.6. The van der Waals surface area contributed by atoms with Crippen molar-refractivity contribution in [3.05, 3.63) is 64.7 Å². The van der Waals surface area contributed by atoms with E-state index in [9.17, 15) is 0 Å². The molecule has 128 valence electrons. The first kappa shape index (κ1) is 17.3. The van der Waals surface area contributed by atoms with Crippen LogP contribution in [0.2, 0.25) is 5.02 Å². The van der Waals surface area contributed by atoms with E-state index in [0.29, 0.717) is 6.61 Å². The van der Waals surface area contributed by atoms with E-state index in [0.717, 1.165) is 55.6 Å². The van der Waals surface area contributed by atoms with Crippen molar-refractivity contribution < 1.29 is 9.47 Å². The molecule has 2 aromatic carbocycles. The fourth-order valence-corrected chi connectivity index (χ4v) is 2.96. The maximum absolute atomic E-state index is 5.89. The molecular formula is C20H24ClNO2. The average Bonchev–Trinajstić information content (AvgIpc) is 2.63. The van der Waals surface area contributed by atoms with E-state index >= 15 is 0 Å². The molecule has 0 bridgehead atoms. The number of morpholine rings is 1. The zero-order valence-electron chi connectivity index (χ0n) is 13.9. The van der Waals surface area contributed by atoms with Gasteiger partial charge in [-0.25, -0.2) is 0 Å². The van der Waals surface area contributed by atoms with Crippen LogP contribution in [0.3, 0.4) is 0 Å². The molecule has 24 heavy (non-hydrogen) atoms. The van der Waals surface area contributed by atoms with Gasteiger partial charge < -0.3 is 9.47 Å². The lowest BCUT2D eigenvalue weighted by atomic mass is 10.1. The molecule has 0 unspecified atom stereocenters. The van der Waals surface area contributed by atoms with Crippen LogP contribution in [0.25, 0.3) is 0 Å². The van der Waals surface area contributed by atoms with Crippen molar-refractivity contribution in [1.29, 1.82) is 0 Å². The third kappa shape index (κ3) is 5.52. The Morgan fingerprint density at radius 1 is 0.917 bits per heavy atom. The molecule has 0 aromatic heterocycles. The number of benzene rings is 2. The minimum atomic E-state index is 0.563. The molecule has 0 saturated carbocycles. The Hall–Kier alpha value is -1.55. The zero-order valence-corrected chi connectivity index (χ0v) is 14.7. The van der Waals surface area contributed by atoms with Gasteiger partial charge >= 0.3 is 0 Å². The molecule has 3 nitrogen and oxygen atoms in total. The van der Waals surface area contributed by atoms with Gasteiger partial charge in [0, 0.05) is 18.1 Å². The Morgan fingerprint density at radius 3 is 2.29 bits per heavy atom. The number of aryl methyl sites for hydroxylation is 1. The van der Waals surface area contributed by atoms with Crippen molar-refractivity contribution in [3.8, 4) is 5.75 Å². The molecule has 1 heterocycles. The Morgan fingerprint density at radius 2 is 1.58 bits per heavy atom. The predicted octanol–water partition coefficient (Wildman–Crippen LogP) is 4.18. The molecule has 0 spiro atoms. The molecule has 3 rings (SSSR count). The van der Waals surface area contributed by atoms with Crippen LogP contribution in [-0.2, 0) is 17.8 Å². The lowest BCUT2D eigenvalue weighted by Crippen LogP contribution is -2.36. The van der Waals surface area contributed by atoms with Gasteiger partial charge in [0.05, 0.1) is 13.2 Å². The minimum Gasteiger partial charge on any atom is -0.489 e. The van der Waals surface area contributed by atoms with Crippen LogP contribution in [0.4, 0.5) is 0 Å². The monoisotopic (exact) mass is 345 g/mol. The Bertz CT molecular complexity index is 607. The lowest BCUT2D eigenvalue weighted by molar-refractivity contribution is 0.0374. The van der Waals surface area contributed by atoms with Crippen LogP contribution in [0.15, 0.2) is 48.5 Å². The maximum atomic E-state index is 5.89. The lowest BCUT2D eigenvalue weighted by Gasteiger charge is -2.26. The third-order valence-corrected chi connectivity index (χ3v) is 4.54. The first-order chi connectivity index (χ1) is 11.8. The van der Waals surface area contributed by atoms with E-state index < -0.39 is 0 Å². The Kier molecular flexibility index (Phi) is 6.53. The summed E-state index contributed by atoms with van der Waals surface area (Å²) in [6.07, 6.45) is 2.29. The van der Waals surface area contributed by atoms with Crippen molar-refractivity contribution in [2.24, 2.45) is 0 Å². The predicted molar refractivity (Wildman–Crippen MR) is 97.8 cm³/mol. The number of halogens is 1. The number of ether oxygens (including phenoxy) is 2. The second-order valence-corrected chi connectivity index (χ2v) is 6.55. The van der Waals surface area contributed by atoms with E-state index in [4.69, 9.17) is 21.1 Å². The van der Waals surface area contributed by atoms with E-state index in [1.54, 1.807) is 0 Å². The third-order valence-electron chi connectivity index (χ3n) is 4.29. The fraction of sp³-hybridized carbons (Fsp3) is 0.400. The topological polar surface area (TPSA) is 21.7 Å². The van der Waals surface area contributed by atoms with Gasteiger partial charge in [-0.1, -0.05) is 35.9 Å². The van der Waals surface area contributed by atoms with Crippen LogP contribution >= 0.6 is 11.6 Å². The minimum absolute atomic E-state index is 0.563. The number of rotatable bonds is 7. The summed E-state index contributed by atoms with van der Waals surface area (Å²) in [5.74, 6) is 0.905. The first-order valence-corrected chi connectivity index (χ1v) is 8.94. The molecule has 1 aliphatic rings. The second-order valence-electron chi connectivity index (χ2n) is 6.12. The average molecular weight is 346 g/mol. The summed E-state index contributed by atoms with van der Waals surface area (Å²) in [5, 5.41) is 0.750. The van der Waals surface area contributed by atoms with Crippen LogP contribution in [0.5, 0.6) is 5.75 Å². The van der Waals surface area contributed by atoms with Gasteiger partial charge in [0.2, 0.25) is 0 Å². The summed E-state index contributed by atoms with van der Waals surface area (Å²) in [4.78, 5) is 2.48. The van der Waals surface area contributed by atoms with Gasteiger partial charge in [-0.05, 0) is 54.8 Å². The molecule has 0 radical (unpaired) electrons. The normalized spacial score (nSPS) is 15.4. The van der Waals surface area contributed by atoms with E-state index in [-0.39, 0.29) is 0 Å². The number of hydrogen-bond acceptors (Lipinski definition) is 3. The maximum Gasteiger partial charge on any atom is 0.119 e. The number of hydrogen-bond donors (Lipinski definition) is 0. The van der Waals surface area contributed by atoms with Gasteiger partial charge in [-0.3, -0.25) is 4.90 Å². The standard InChI is InChI=1S/C20H24ClNO2/c21-19-7-3-18(4-8-19)16-24-20-9-5-17(6-10-20)2-1-11-22-12-14-23-15-13-22/h3-10H,1-2,11-16H2. The van der Waals surface area contributed by atoms with Crippen LogP contribution in [0.1, 0.15) is 17.5 Å². The van der Waals surface area contributed by atoms with Gasteiger partial charge in [-0.2, -0.15) is 0 Å². The van der Waals surface area contributed by atoms with Crippen LogP contribution in [-0.4, -0.2) is 37.7 Å². The molecule has 0 N–H and O–H groups in total. The Balaban J connectivity index is 1.40. The fourth-order valence-electron chi connectivity index (χ4n) is 2.83.